The van der Waals surface area contributed by atoms with Gasteiger partial charge in [-0.2, -0.15) is 11.1 Å². The van der Waals surface area contributed by atoms with Gasteiger partial charge in [0.2, 0.25) is 0 Å². The van der Waals surface area contributed by atoms with Crippen LogP contribution >= 0.6 is 0 Å². The van der Waals surface area contributed by atoms with Gasteiger partial charge in [0, 0.05) is 5.56 Å². The summed E-state index contributed by atoms with van der Waals surface area (Å²) in [5.74, 6) is 3.31. The van der Waals surface area contributed by atoms with Crippen molar-refractivity contribution in [2.24, 2.45) is 0 Å². The van der Waals surface area contributed by atoms with Crippen LogP contribution < -0.4 is 0 Å². The maximum absolute atomic E-state index is 11.5. The number of rotatable bonds is 7. The van der Waals surface area contributed by atoms with Crippen LogP contribution in [0.3, 0.4) is 0 Å². The van der Waals surface area contributed by atoms with E-state index in [0.29, 0.717) is 0 Å². The summed E-state index contributed by atoms with van der Waals surface area (Å²) in [6, 6.07) is 20.3. The van der Waals surface area contributed by atoms with Crippen LogP contribution in [0.5, 0.6) is 0 Å². The van der Waals surface area contributed by atoms with Crippen LogP contribution in [0.1, 0.15) is 50.7 Å². The minimum atomic E-state index is -2.11. The van der Waals surface area contributed by atoms with E-state index in [1.807, 2.05) is 113 Å². The third-order valence-corrected chi connectivity index (χ3v) is 7.32. The Morgan fingerprint density at radius 1 is 0.711 bits per heavy atom. The van der Waals surface area contributed by atoms with Gasteiger partial charge in [-0.15, -0.1) is 17.7 Å². The summed E-state index contributed by atoms with van der Waals surface area (Å²) in [6.45, 7) is 8.65. The second-order valence-corrected chi connectivity index (χ2v) is 13.3. The molecule has 3 heteroatoms. The second-order valence-electron chi connectivity index (χ2n) is 9.56. The van der Waals surface area contributed by atoms with E-state index in [1.54, 1.807) is 0 Å². The van der Waals surface area contributed by atoms with Crippen LogP contribution in [0.4, 0.5) is 0 Å². The molecule has 2 aromatic carbocycles. The summed E-state index contributed by atoms with van der Waals surface area (Å²) in [4.78, 5) is 0. The molecule has 2 saturated carbocycles. The van der Waals surface area contributed by atoms with Crippen molar-refractivity contribution in [3.05, 3.63) is 142 Å². The minimum Gasteiger partial charge on any atom is -0.388 e. The van der Waals surface area contributed by atoms with E-state index in [1.165, 1.54) is 0 Å². The number of hydrogen-bond donors (Lipinski definition) is 1. The third-order valence-electron chi connectivity index (χ3n) is 5.70. The van der Waals surface area contributed by atoms with E-state index in [-0.39, 0.29) is 26.2 Å². The molecule has 2 aliphatic carbocycles. The molecule has 2 aliphatic rings. The molecular formula is C35H41OSiZr+2. The van der Waals surface area contributed by atoms with Gasteiger partial charge in [0.1, 0.15) is 0 Å². The maximum Gasteiger partial charge on any atom is 3.00 e. The molecule has 0 atom stereocenters. The Bertz CT molecular complexity index is 916. The standard InChI is InChI=1S/C25H31OSi.2C5H5.Zr/c1-5-18-25(26,19-6-2)24(23-15-11-8-12-16-23)21-27(3,4)20-17-22-13-9-7-10-14-22;2*1-2-4-5-3-1;/h7-16,26H,5-6,18-19H2,1-4H3;2*1-5H;/q-1;;;+3. The van der Waals surface area contributed by atoms with E-state index in [4.69, 9.17) is 0 Å². The monoisotopic (exact) mass is 595 g/mol. The summed E-state index contributed by atoms with van der Waals surface area (Å²) in [6.07, 6.45) is 23.4. The fraction of sp³-hybridized carbons (Fsp3) is 0.257. The first-order valence-electron chi connectivity index (χ1n) is 13.2. The van der Waals surface area contributed by atoms with Crippen LogP contribution in [0.2, 0.25) is 13.1 Å². The summed E-state index contributed by atoms with van der Waals surface area (Å²) in [7, 11) is -2.11. The molecule has 2 fully saturated rings. The Morgan fingerprint density at radius 3 is 1.50 bits per heavy atom. The molecule has 0 heterocycles. The molecule has 0 amide bonds. The van der Waals surface area contributed by atoms with E-state index in [0.717, 1.165) is 42.4 Å². The normalized spacial score (nSPS) is 15.1. The fourth-order valence-corrected chi connectivity index (χ4v) is 5.52. The molecule has 11 radical (unpaired) electrons. The Balaban J connectivity index is 0.000000541. The molecule has 2 aromatic rings. The molecule has 1 N–H and O–H groups in total. The zero-order valence-corrected chi connectivity index (χ0v) is 26.8. The van der Waals surface area contributed by atoms with Crippen LogP contribution in [-0.4, -0.2) is 18.8 Å². The molecule has 0 aliphatic heterocycles. The van der Waals surface area contributed by atoms with Crippen molar-refractivity contribution in [1.82, 2.24) is 0 Å². The van der Waals surface area contributed by atoms with Gasteiger partial charge in [-0.05, 0) is 89.2 Å². The smallest absolute Gasteiger partial charge is 0.388 e. The largest absolute Gasteiger partial charge is 3.00 e. The predicted octanol–water partition coefficient (Wildman–Crippen LogP) is 8.08. The molecule has 1 nitrogen and oxygen atoms in total. The number of aliphatic hydroxyl groups is 1. The fourth-order valence-electron chi connectivity index (χ4n) is 4.00. The van der Waals surface area contributed by atoms with Gasteiger partial charge in [-0.25, -0.2) is 0 Å². The van der Waals surface area contributed by atoms with Crippen LogP contribution in [0.15, 0.2) is 60.7 Å². The minimum absolute atomic E-state index is 0. The average Bonchev–Trinajstić information content (AvgIpc) is 3.68. The first-order chi connectivity index (χ1) is 17.9. The molecule has 0 aromatic heterocycles. The number of hydrogen-bond acceptors (Lipinski definition) is 1. The summed E-state index contributed by atoms with van der Waals surface area (Å²) < 4.78 is 0. The average molecular weight is 597 g/mol. The summed E-state index contributed by atoms with van der Waals surface area (Å²) in [5.41, 5.74) is 9.38. The second kappa shape index (κ2) is 19.8. The predicted molar refractivity (Wildman–Crippen MR) is 162 cm³/mol. The zero-order chi connectivity index (χ0) is 26.8. The van der Waals surface area contributed by atoms with Gasteiger partial charge in [0.05, 0.1) is 13.7 Å². The topological polar surface area (TPSA) is 20.2 Å². The summed E-state index contributed by atoms with van der Waals surface area (Å²) >= 11 is 0. The van der Waals surface area contributed by atoms with Crippen molar-refractivity contribution in [1.29, 1.82) is 0 Å². The molecule has 193 valence electrons. The Labute approximate surface area is 255 Å². The molecular weight excluding hydrogens is 556 g/mol. The molecule has 4 rings (SSSR count). The molecule has 0 unspecified atom stereocenters. The molecule has 0 saturated heterocycles. The maximum atomic E-state index is 11.5. The van der Waals surface area contributed by atoms with Crippen molar-refractivity contribution in [2.45, 2.75) is 58.2 Å². The van der Waals surface area contributed by atoms with Gasteiger partial charge >= 0.3 is 26.2 Å². The van der Waals surface area contributed by atoms with Crippen LogP contribution in [0, 0.1) is 81.4 Å². The van der Waals surface area contributed by atoms with Gasteiger partial charge in [0.15, 0.2) is 0 Å². The van der Waals surface area contributed by atoms with Crippen molar-refractivity contribution < 1.29 is 31.3 Å². The van der Waals surface area contributed by atoms with Crippen molar-refractivity contribution in [2.75, 3.05) is 0 Å². The van der Waals surface area contributed by atoms with Gasteiger partial charge in [0.25, 0.3) is 0 Å². The van der Waals surface area contributed by atoms with Crippen LogP contribution in [0.25, 0.3) is 5.57 Å². The van der Waals surface area contributed by atoms with Crippen LogP contribution in [-0.2, 0) is 26.2 Å². The van der Waals surface area contributed by atoms with Crippen molar-refractivity contribution in [3.63, 3.8) is 0 Å². The van der Waals surface area contributed by atoms with E-state index in [2.05, 4.69) is 56.2 Å². The van der Waals surface area contributed by atoms with E-state index >= 15 is 0 Å². The van der Waals surface area contributed by atoms with Gasteiger partial charge in [-0.1, -0.05) is 82.1 Å². The molecule has 0 bridgehead atoms. The quantitative estimate of drug-likeness (QED) is 0.195. The molecule has 38 heavy (non-hydrogen) atoms. The van der Waals surface area contributed by atoms with Gasteiger partial charge < -0.3 is 5.11 Å². The summed E-state index contributed by atoms with van der Waals surface area (Å²) in [5, 5.41) is 11.5. The van der Waals surface area contributed by atoms with Gasteiger partial charge in [-0.3, -0.25) is 5.70 Å². The Hall–Kier alpha value is -1.20. The van der Waals surface area contributed by atoms with E-state index < -0.39 is 13.7 Å². The zero-order valence-electron chi connectivity index (χ0n) is 23.3. The van der Waals surface area contributed by atoms with Crippen molar-refractivity contribution >= 4 is 13.6 Å². The third kappa shape index (κ3) is 13.7. The Kier molecular flexibility index (Phi) is 18.1. The van der Waals surface area contributed by atoms with Crippen molar-refractivity contribution in [3.8, 4) is 11.5 Å². The Morgan fingerprint density at radius 2 is 1.11 bits per heavy atom. The van der Waals surface area contributed by atoms with E-state index in [9.17, 15) is 5.11 Å². The first-order valence-corrected chi connectivity index (χ1v) is 16.2. The molecule has 0 spiro atoms. The number of benzene rings is 2. The first kappa shape index (κ1) is 34.8. The SMILES string of the molecule is CCCC(O)(CCC)C(=[C-][Si](C)(C)C#Cc1ccccc1)c1ccccc1.[CH]1[CH][CH][CH][CH]1.[CH]1[CH][CH][CH][CH]1.[Zr+3].